The van der Waals surface area contributed by atoms with E-state index in [2.05, 4.69) is 0 Å². The molecular weight excluding hydrogens is 349 g/mol. The molecule has 2 aromatic rings. The molecule has 126 valence electrons. The lowest BCUT2D eigenvalue weighted by Gasteiger charge is -2.33. The third-order valence-electron chi connectivity index (χ3n) is 3.78. The summed E-state index contributed by atoms with van der Waals surface area (Å²) in [5.74, 6) is 0.609. The van der Waals surface area contributed by atoms with Crippen molar-refractivity contribution < 1.29 is 14.3 Å². The maximum absolute atomic E-state index is 12.4. The Bertz CT molecular complexity index is 688. The highest BCUT2D eigenvalue weighted by Gasteiger charge is 2.26. The predicted octanol–water partition coefficient (Wildman–Crippen LogP) is 3.97. The summed E-state index contributed by atoms with van der Waals surface area (Å²) < 4.78 is 11.3. The van der Waals surface area contributed by atoms with Crippen molar-refractivity contribution in [1.29, 1.82) is 0 Å². The first-order chi connectivity index (χ1) is 11.6. The van der Waals surface area contributed by atoms with Crippen LogP contribution in [0.25, 0.3) is 0 Å². The van der Waals surface area contributed by atoms with E-state index in [4.69, 9.17) is 32.7 Å². The topological polar surface area (TPSA) is 38.8 Å². The van der Waals surface area contributed by atoms with E-state index in [-0.39, 0.29) is 18.6 Å². The van der Waals surface area contributed by atoms with Crippen LogP contribution in [0.4, 0.5) is 0 Å². The van der Waals surface area contributed by atoms with Crippen molar-refractivity contribution in [2.75, 3.05) is 26.3 Å². The second kappa shape index (κ2) is 7.88. The fraction of sp³-hybridized carbons (Fsp3) is 0.278. The van der Waals surface area contributed by atoms with Gasteiger partial charge in [-0.3, -0.25) is 4.79 Å². The van der Waals surface area contributed by atoms with E-state index in [1.807, 2.05) is 42.5 Å². The number of hydrogen-bond donors (Lipinski definition) is 0. The minimum Gasteiger partial charge on any atom is -0.484 e. The van der Waals surface area contributed by atoms with Crippen LogP contribution in [0.3, 0.4) is 0 Å². The molecular formula is C18H17Cl2NO3. The molecule has 1 aliphatic rings. The van der Waals surface area contributed by atoms with Crippen molar-refractivity contribution in [2.24, 2.45) is 0 Å². The SMILES string of the molecule is O=C(COc1ccccc1)N1CCOC(c2cc(Cl)cc(Cl)c2)C1. The molecule has 0 N–H and O–H groups in total. The van der Waals surface area contributed by atoms with Gasteiger partial charge in [-0.15, -0.1) is 0 Å². The molecule has 0 radical (unpaired) electrons. The maximum Gasteiger partial charge on any atom is 0.260 e. The Morgan fingerprint density at radius 2 is 1.88 bits per heavy atom. The zero-order chi connectivity index (χ0) is 16.9. The molecule has 2 aromatic carbocycles. The smallest absolute Gasteiger partial charge is 0.260 e. The Kier molecular flexibility index (Phi) is 5.61. The molecule has 0 saturated carbocycles. The summed E-state index contributed by atoms with van der Waals surface area (Å²) in [5, 5.41) is 1.11. The van der Waals surface area contributed by atoms with Crippen LogP contribution in [0.1, 0.15) is 11.7 Å². The highest BCUT2D eigenvalue weighted by atomic mass is 35.5. The number of benzene rings is 2. The summed E-state index contributed by atoms with van der Waals surface area (Å²) in [6.07, 6.45) is -0.240. The number of halogens is 2. The van der Waals surface area contributed by atoms with Crippen LogP contribution < -0.4 is 4.74 Å². The zero-order valence-corrected chi connectivity index (χ0v) is 14.5. The van der Waals surface area contributed by atoms with Gasteiger partial charge >= 0.3 is 0 Å². The first-order valence-electron chi connectivity index (χ1n) is 7.65. The molecule has 1 heterocycles. The first kappa shape index (κ1) is 17.1. The molecule has 1 aliphatic heterocycles. The van der Waals surface area contributed by atoms with Gasteiger partial charge in [-0.1, -0.05) is 41.4 Å². The van der Waals surface area contributed by atoms with Crippen molar-refractivity contribution in [3.8, 4) is 5.75 Å². The van der Waals surface area contributed by atoms with Crippen molar-refractivity contribution in [2.45, 2.75) is 6.10 Å². The van der Waals surface area contributed by atoms with E-state index < -0.39 is 0 Å². The first-order valence-corrected chi connectivity index (χ1v) is 8.40. The molecule has 0 aliphatic carbocycles. The summed E-state index contributed by atoms with van der Waals surface area (Å²) in [5.41, 5.74) is 0.869. The van der Waals surface area contributed by atoms with Crippen LogP contribution in [0.5, 0.6) is 5.75 Å². The maximum atomic E-state index is 12.4. The molecule has 24 heavy (non-hydrogen) atoms. The van der Waals surface area contributed by atoms with E-state index in [1.54, 1.807) is 11.0 Å². The summed E-state index contributed by atoms with van der Waals surface area (Å²) in [7, 11) is 0. The van der Waals surface area contributed by atoms with Gasteiger partial charge in [0, 0.05) is 16.6 Å². The molecule has 1 atom stereocenters. The van der Waals surface area contributed by atoms with Crippen molar-refractivity contribution in [3.63, 3.8) is 0 Å². The lowest BCUT2D eigenvalue weighted by Crippen LogP contribution is -2.44. The van der Waals surface area contributed by atoms with E-state index in [0.717, 1.165) is 5.56 Å². The van der Waals surface area contributed by atoms with Crippen LogP contribution in [0.15, 0.2) is 48.5 Å². The number of rotatable bonds is 4. The number of hydrogen-bond acceptors (Lipinski definition) is 3. The third kappa shape index (κ3) is 4.41. The molecule has 0 bridgehead atoms. The van der Waals surface area contributed by atoms with Crippen LogP contribution in [0.2, 0.25) is 10.0 Å². The molecule has 1 saturated heterocycles. The molecule has 1 fully saturated rings. The Balaban J connectivity index is 1.61. The highest BCUT2D eigenvalue weighted by molar-refractivity contribution is 6.34. The number of para-hydroxylation sites is 1. The molecule has 4 nitrogen and oxygen atoms in total. The van der Waals surface area contributed by atoms with Crippen molar-refractivity contribution in [1.82, 2.24) is 4.90 Å². The molecule has 1 unspecified atom stereocenters. The van der Waals surface area contributed by atoms with Crippen molar-refractivity contribution in [3.05, 3.63) is 64.1 Å². The summed E-state index contributed by atoms with van der Waals surface area (Å²) in [6, 6.07) is 14.6. The third-order valence-corrected chi connectivity index (χ3v) is 4.22. The molecule has 3 rings (SSSR count). The van der Waals surface area contributed by atoms with E-state index in [9.17, 15) is 4.79 Å². The number of ether oxygens (including phenoxy) is 2. The number of amides is 1. The average molecular weight is 366 g/mol. The van der Waals surface area contributed by atoms with Gasteiger partial charge in [0.1, 0.15) is 11.9 Å². The second-order valence-electron chi connectivity index (χ2n) is 5.50. The molecule has 1 amide bonds. The number of carbonyl (C=O) groups excluding carboxylic acids is 1. The Morgan fingerprint density at radius 1 is 1.17 bits per heavy atom. The lowest BCUT2D eigenvalue weighted by atomic mass is 10.1. The largest absolute Gasteiger partial charge is 0.484 e. The van der Waals surface area contributed by atoms with E-state index in [0.29, 0.717) is 35.5 Å². The van der Waals surface area contributed by atoms with Gasteiger partial charge in [0.25, 0.3) is 5.91 Å². The Morgan fingerprint density at radius 3 is 2.58 bits per heavy atom. The number of carbonyl (C=O) groups is 1. The quantitative estimate of drug-likeness (QED) is 0.822. The second-order valence-corrected chi connectivity index (χ2v) is 6.38. The Labute approximate surface area is 150 Å². The van der Waals surface area contributed by atoms with Crippen LogP contribution in [-0.4, -0.2) is 37.1 Å². The predicted molar refractivity (Wildman–Crippen MR) is 93.7 cm³/mol. The van der Waals surface area contributed by atoms with Gasteiger partial charge in [-0.2, -0.15) is 0 Å². The fourth-order valence-electron chi connectivity index (χ4n) is 2.59. The van der Waals surface area contributed by atoms with Crippen LogP contribution in [-0.2, 0) is 9.53 Å². The number of morpholine rings is 1. The zero-order valence-electron chi connectivity index (χ0n) is 13.0. The fourth-order valence-corrected chi connectivity index (χ4v) is 3.13. The lowest BCUT2D eigenvalue weighted by molar-refractivity contribution is -0.141. The summed E-state index contributed by atoms with van der Waals surface area (Å²) in [4.78, 5) is 14.1. The number of nitrogens with zero attached hydrogens (tertiary/aromatic N) is 1. The average Bonchev–Trinajstić information content (AvgIpc) is 2.60. The minimum atomic E-state index is -0.240. The molecule has 0 spiro atoms. The molecule has 0 aromatic heterocycles. The summed E-state index contributed by atoms with van der Waals surface area (Å²) >= 11 is 12.1. The normalized spacial score (nSPS) is 17.6. The van der Waals surface area contributed by atoms with Gasteiger partial charge in [-0.05, 0) is 35.9 Å². The van der Waals surface area contributed by atoms with Crippen molar-refractivity contribution >= 4 is 29.1 Å². The van der Waals surface area contributed by atoms with Gasteiger partial charge in [0.05, 0.1) is 13.2 Å². The van der Waals surface area contributed by atoms with Crippen LogP contribution in [0, 0.1) is 0 Å². The molecule has 6 heteroatoms. The monoisotopic (exact) mass is 365 g/mol. The van der Waals surface area contributed by atoms with E-state index >= 15 is 0 Å². The van der Waals surface area contributed by atoms with Gasteiger partial charge in [-0.25, -0.2) is 0 Å². The Hall–Kier alpha value is -1.75. The van der Waals surface area contributed by atoms with Gasteiger partial charge in [0.2, 0.25) is 0 Å². The minimum absolute atomic E-state index is 0.00698. The van der Waals surface area contributed by atoms with Gasteiger partial charge in [0.15, 0.2) is 6.61 Å². The van der Waals surface area contributed by atoms with Gasteiger partial charge < -0.3 is 14.4 Å². The standard InChI is InChI=1S/C18H17Cl2NO3/c19-14-8-13(9-15(20)10-14)17-11-21(6-7-23-17)18(22)12-24-16-4-2-1-3-5-16/h1-5,8-10,17H,6-7,11-12H2. The highest BCUT2D eigenvalue weighted by Crippen LogP contribution is 2.28. The van der Waals surface area contributed by atoms with E-state index in [1.165, 1.54) is 0 Å². The summed E-state index contributed by atoms with van der Waals surface area (Å²) in [6.45, 7) is 1.47. The van der Waals surface area contributed by atoms with Crippen LogP contribution >= 0.6 is 23.2 Å².